The Bertz CT molecular complexity index is 1050. The fourth-order valence-corrected chi connectivity index (χ4v) is 4.50. The van der Waals surface area contributed by atoms with E-state index in [0.29, 0.717) is 0 Å². The molecule has 1 aliphatic carbocycles. The molecule has 0 radical (unpaired) electrons. The Morgan fingerprint density at radius 3 is 2.00 bits per heavy atom. The highest BCUT2D eigenvalue weighted by Gasteiger charge is 2.43. The van der Waals surface area contributed by atoms with Crippen molar-refractivity contribution in [1.82, 2.24) is 10.6 Å². The van der Waals surface area contributed by atoms with Gasteiger partial charge < -0.3 is 25.2 Å². The number of aliphatic carboxylic acids is 1. The second-order valence-electron chi connectivity index (χ2n) is 9.93. The van der Waals surface area contributed by atoms with E-state index in [1.807, 2.05) is 48.5 Å². The number of ether oxygens (including phenoxy) is 2. The summed E-state index contributed by atoms with van der Waals surface area (Å²) in [5.41, 5.74) is 2.15. The molecule has 1 aliphatic rings. The first-order chi connectivity index (χ1) is 16.5. The summed E-state index contributed by atoms with van der Waals surface area (Å²) in [5, 5.41) is 14.8. The fraction of sp³-hybridized carbons (Fsp3) is 0.444. The second-order valence-corrected chi connectivity index (χ2v) is 9.93. The van der Waals surface area contributed by atoms with Crippen LogP contribution in [-0.4, -0.2) is 55.0 Å². The van der Waals surface area contributed by atoms with Gasteiger partial charge in [-0.25, -0.2) is 9.59 Å². The van der Waals surface area contributed by atoms with Gasteiger partial charge in [-0.05, 0) is 34.1 Å². The maximum absolute atomic E-state index is 13.2. The molecule has 0 fully saturated rings. The first-order valence-corrected chi connectivity index (χ1v) is 11.7. The minimum Gasteiger partial charge on any atom is -0.480 e. The summed E-state index contributed by atoms with van der Waals surface area (Å²) in [5.74, 6) is -1.93. The number of amides is 2. The zero-order valence-corrected chi connectivity index (χ0v) is 20.9. The van der Waals surface area contributed by atoms with Crippen molar-refractivity contribution in [2.75, 3.05) is 20.3 Å². The molecule has 0 saturated carbocycles. The lowest BCUT2D eigenvalue weighted by Crippen LogP contribution is -2.64. The molecule has 3 rings (SSSR count). The zero-order valence-electron chi connectivity index (χ0n) is 20.9. The van der Waals surface area contributed by atoms with E-state index in [4.69, 9.17) is 9.47 Å². The molecule has 0 heterocycles. The van der Waals surface area contributed by atoms with E-state index in [0.717, 1.165) is 22.3 Å². The normalized spacial score (nSPS) is 15.3. The number of carbonyl (C=O) groups is 3. The minimum absolute atomic E-state index is 0.0913. The Kier molecular flexibility index (Phi) is 7.85. The standard InChI is InChI=1S/C27H34N2O6/c1-6-27(16-34-5,24(32)28-22(23(30)31)26(2,3)4)29-25(33)35-15-21-19-13-9-7-11-17(19)18-12-8-10-14-20(18)21/h7-14,21-22H,6,15-16H2,1-5H3,(H,28,32)(H,29,33)(H,30,31). The Morgan fingerprint density at radius 1 is 1.00 bits per heavy atom. The van der Waals surface area contributed by atoms with E-state index in [9.17, 15) is 19.5 Å². The van der Waals surface area contributed by atoms with Gasteiger partial charge >= 0.3 is 12.1 Å². The van der Waals surface area contributed by atoms with Crippen molar-refractivity contribution in [2.45, 2.75) is 51.6 Å². The van der Waals surface area contributed by atoms with E-state index in [-0.39, 0.29) is 25.6 Å². The molecule has 2 aromatic carbocycles. The third-order valence-electron chi connectivity index (χ3n) is 6.50. The molecule has 2 unspecified atom stereocenters. The van der Waals surface area contributed by atoms with Crippen LogP contribution in [0.15, 0.2) is 48.5 Å². The van der Waals surface area contributed by atoms with Crippen LogP contribution in [0, 0.1) is 5.41 Å². The van der Waals surface area contributed by atoms with Crippen molar-refractivity contribution < 1.29 is 29.0 Å². The molecule has 0 aliphatic heterocycles. The number of benzene rings is 2. The Hall–Kier alpha value is -3.39. The van der Waals surface area contributed by atoms with E-state index in [1.54, 1.807) is 27.7 Å². The number of rotatable bonds is 9. The molecule has 0 bridgehead atoms. The van der Waals surface area contributed by atoms with Gasteiger partial charge in [-0.15, -0.1) is 0 Å². The van der Waals surface area contributed by atoms with E-state index in [2.05, 4.69) is 10.6 Å². The largest absolute Gasteiger partial charge is 0.480 e. The number of carboxylic acids is 1. The van der Waals surface area contributed by atoms with Gasteiger partial charge in [0.25, 0.3) is 0 Å². The predicted octanol–water partition coefficient (Wildman–Crippen LogP) is 3.94. The van der Waals surface area contributed by atoms with Gasteiger partial charge in [0.2, 0.25) is 5.91 Å². The lowest BCUT2D eigenvalue weighted by Gasteiger charge is -2.35. The molecule has 8 nitrogen and oxygen atoms in total. The number of hydrogen-bond acceptors (Lipinski definition) is 5. The van der Waals surface area contributed by atoms with Crippen LogP contribution in [0.5, 0.6) is 0 Å². The van der Waals surface area contributed by atoms with Crippen LogP contribution >= 0.6 is 0 Å². The van der Waals surface area contributed by atoms with Crippen molar-refractivity contribution in [1.29, 1.82) is 0 Å². The summed E-state index contributed by atoms with van der Waals surface area (Å²) in [6, 6.07) is 14.9. The monoisotopic (exact) mass is 482 g/mol. The first-order valence-electron chi connectivity index (χ1n) is 11.7. The zero-order chi connectivity index (χ0) is 25.8. The second kappa shape index (κ2) is 10.5. The maximum atomic E-state index is 13.2. The van der Waals surface area contributed by atoms with Gasteiger partial charge in [-0.3, -0.25) is 4.79 Å². The van der Waals surface area contributed by atoms with Crippen LogP contribution in [0.25, 0.3) is 11.1 Å². The highest BCUT2D eigenvalue weighted by molar-refractivity contribution is 5.93. The Balaban J connectivity index is 1.76. The maximum Gasteiger partial charge on any atom is 0.408 e. The van der Waals surface area contributed by atoms with Gasteiger partial charge in [0.05, 0.1) is 6.61 Å². The first kappa shape index (κ1) is 26.2. The number of methoxy groups -OCH3 is 1. The van der Waals surface area contributed by atoms with Gasteiger partial charge in [0.15, 0.2) is 0 Å². The summed E-state index contributed by atoms with van der Waals surface area (Å²) in [6.07, 6.45) is -0.601. The summed E-state index contributed by atoms with van der Waals surface area (Å²) in [6.45, 7) is 6.82. The minimum atomic E-state index is -1.49. The quantitative estimate of drug-likeness (QED) is 0.499. The number of carbonyl (C=O) groups excluding carboxylic acids is 2. The molecule has 35 heavy (non-hydrogen) atoms. The third-order valence-corrected chi connectivity index (χ3v) is 6.50. The van der Waals surface area contributed by atoms with E-state index < -0.39 is 35.0 Å². The van der Waals surface area contributed by atoms with E-state index in [1.165, 1.54) is 7.11 Å². The molecule has 2 aromatic rings. The van der Waals surface area contributed by atoms with Crippen LogP contribution in [-0.2, 0) is 19.1 Å². The SMILES string of the molecule is CCC(COC)(NC(=O)OCC1c2ccccc2-c2ccccc21)C(=O)NC(C(=O)O)C(C)(C)C. The summed E-state index contributed by atoms with van der Waals surface area (Å²) in [7, 11) is 1.41. The Labute approximate surface area is 206 Å². The predicted molar refractivity (Wildman–Crippen MR) is 132 cm³/mol. The van der Waals surface area contributed by atoms with Crippen LogP contribution < -0.4 is 10.6 Å². The average molecular weight is 483 g/mol. The number of carboxylic acid groups (broad SMARTS) is 1. The lowest BCUT2D eigenvalue weighted by atomic mass is 9.85. The van der Waals surface area contributed by atoms with Gasteiger partial charge in [-0.2, -0.15) is 0 Å². The van der Waals surface area contributed by atoms with Crippen LogP contribution in [0.4, 0.5) is 4.79 Å². The molecule has 3 N–H and O–H groups in total. The highest BCUT2D eigenvalue weighted by Crippen LogP contribution is 2.44. The molecule has 2 amide bonds. The fourth-order valence-electron chi connectivity index (χ4n) is 4.50. The average Bonchev–Trinajstić information content (AvgIpc) is 3.13. The van der Waals surface area contributed by atoms with Crippen molar-refractivity contribution in [3.05, 3.63) is 59.7 Å². The topological polar surface area (TPSA) is 114 Å². The Morgan fingerprint density at radius 2 is 1.54 bits per heavy atom. The van der Waals surface area contributed by atoms with Gasteiger partial charge in [-0.1, -0.05) is 76.2 Å². The summed E-state index contributed by atoms with van der Waals surface area (Å²) >= 11 is 0. The van der Waals surface area contributed by atoms with Crippen molar-refractivity contribution >= 4 is 18.0 Å². The number of hydrogen-bond donors (Lipinski definition) is 3. The summed E-state index contributed by atoms with van der Waals surface area (Å²) < 4.78 is 10.9. The van der Waals surface area contributed by atoms with Gasteiger partial charge in [0, 0.05) is 13.0 Å². The molecule has 0 spiro atoms. The lowest BCUT2D eigenvalue weighted by molar-refractivity contribution is -0.146. The summed E-state index contributed by atoms with van der Waals surface area (Å²) in [4.78, 5) is 37.9. The molecular formula is C27H34N2O6. The molecule has 2 atom stereocenters. The molecule has 188 valence electrons. The third kappa shape index (κ3) is 5.48. The van der Waals surface area contributed by atoms with Crippen molar-refractivity contribution in [3.63, 3.8) is 0 Å². The molecule has 0 aromatic heterocycles. The van der Waals surface area contributed by atoms with E-state index >= 15 is 0 Å². The van der Waals surface area contributed by atoms with Crippen LogP contribution in [0.2, 0.25) is 0 Å². The van der Waals surface area contributed by atoms with Crippen LogP contribution in [0.1, 0.15) is 51.2 Å². The molecule has 8 heteroatoms. The highest BCUT2D eigenvalue weighted by atomic mass is 16.5. The van der Waals surface area contributed by atoms with Crippen molar-refractivity contribution in [3.8, 4) is 11.1 Å². The van der Waals surface area contributed by atoms with Crippen molar-refractivity contribution in [2.24, 2.45) is 5.41 Å². The smallest absolute Gasteiger partial charge is 0.408 e. The van der Waals surface area contributed by atoms with Crippen LogP contribution in [0.3, 0.4) is 0 Å². The molecular weight excluding hydrogens is 448 g/mol. The molecule has 0 saturated heterocycles. The number of fused-ring (bicyclic) bond motifs is 3. The number of alkyl carbamates (subject to hydrolysis) is 1. The van der Waals surface area contributed by atoms with Gasteiger partial charge in [0.1, 0.15) is 18.2 Å². The number of nitrogens with one attached hydrogen (secondary N) is 2.